The molecule has 0 saturated carbocycles. The first-order chi connectivity index (χ1) is 9.59. The van der Waals surface area contributed by atoms with Crippen LogP contribution in [0.1, 0.15) is 6.92 Å². The fraction of sp³-hybridized carbons (Fsp3) is 0.231. The van der Waals surface area contributed by atoms with Crippen LogP contribution >= 0.6 is 0 Å². The summed E-state index contributed by atoms with van der Waals surface area (Å²) in [6.45, 7) is 2.12. The molecule has 6 nitrogen and oxygen atoms in total. The molecule has 0 amide bonds. The summed E-state index contributed by atoms with van der Waals surface area (Å²) in [5.41, 5.74) is 0.618. The van der Waals surface area contributed by atoms with Crippen molar-refractivity contribution < 1.29 is 8.42 Å². The molecule has 2 rings (SSSR count). The molecule has 0 aliphatic carbocycles. The molecule has 0 aliphatic heterocycles. The number of anilines is 2. The highest BCUT2D eigenvalue weighted by molar-refractivity contribution is 7.92. The first-order valence-electron chi connectivity index (χ1n) is 6.17. The Morgan fingerprint density at radius 1 is 1.15 bits per heavy atom. The molecule has 0 unspecified atom stereocenters. The number of para-hydroxylation sites is 1. The van der Waals surface area contributed by atoms with Gasteiger partial charge in [-0.25, -0.2) is 18.4 Å². The van der Waals surface area contributed by atoms with Crippen molar-refractivity contribution >= 4 is 21.7 Å². The second-order valence-corrected chi connectivity index (χ2v) is 5.86. The molecular weight excluding hydrogens is 276 g/mol. The monoisotopic (exact) mass is 292 g/mol. The molecule has 7 heteroatoms. The molecule has 0 fully saturated rings. The van der Waals surface area contributed by atoms with Crippen molar-refractivity contribution in [2.75, 3.05) is 23.2 Å². The first-order valence-corrected chi connectivity index (χ1v) is 7.61. The van der Waals surface area contributed by atoms with Gasteiger partial charge in [-0.05, 0) is 19.1 Å². The van der Waals surface area contributed by atoms with Gasteiger partial charge in [-0.3, -0.25) is 4.31 Å². The van der Waals surface area contributed by atoms with E-state index < -0.39 is 10.0 Å². The highest BCUT2D eigenvalue weighted by Gasteiger charge is 2.24. The third-order valence-electron chi connectivity index (χ3n) is 2.77. The van der Waals surface area contributed by atoms with Crippen molar-refractivity contribution in [3.63, 3.8) is 0 Å². The minimum absolute atomic E-state index is 0.0715. The summed E-state index contributed by atoms with van der Waals surface area (Å²) in [7, 11) is -1.98. The van der Waals surface area contributed by atoms with Crippen LogP contribution in [0.5, 0.6) is 0 Å². The van der Waals surface area contributed by atoms with E-state index in [9.17, 15) is 8.42 Å². The zero-order valence-corrected chi connectivity index (χ0v) is 12.1. The van der Waals surface area contributed by atoms with E-state index in [-0.39, 0.29) is 4.90 Å². The van der Waals surface area contributed by atoms with Gasteiger partial charge in [0.2, 0.25) is 5.95 Å². The lowest BCUT2D eigenvalue weighted by molar-refractivity contribution is 0.591. The van der Waals surface area contributed by atoms with Gasteiger partial charge in [0.15, 0.2) is 0 Å². The number of sulfonamides is 1. The van der Waals surface area contributed by atoms with Crippen LogP contribution in [-0.2, 0) is 10.0 Å². The van der Waals surface area contributed by atoms with Crippen molar-refractivity contribution in [3.05, 3.63) is 42.7 Å². The SMILES string of the molecule is CCN(c1ccccc1)S(=O)(=O)c1cnc(NC)nc1. The fourth-order valence-electron chi connectivity index (χ4n) is 1.79. The summed E-state index contributed by atoms with van der Waals surface area (Å²) in [5, 5.41) is 2.75. The molecular formula is C13H16N4O2S. The van der Waals surface area contributed by atoms with Gasteiger partial charge in [0.1, 0.15) is 4.90 Å². The molecule has 20 heavy (non-hydrogen) atoms. The Bertz CT molecular complexity index is 657. The number of nitrogens with zero attached hydrogens (tertiary/aromatic N) is 3. The Morgan fingerprint density at radius 3 is 2.25 bits per heavy atom. The molecule has 0 radical (unpaired) electrons. The van der Waals surface area contributed by atoms with Gasteiger partial charge in [-0.1, -0.05) is 18.2 Å². The Kier molecular flexibility index (Phi) is 4.19. The van der Waals surface area contributed by atoms with Crippen molar-refractivity contribution in [1.29, 1.82) is 0 Å². The van der Waals surface area contributed by atoms with Gasteiger partial charge >= 0.3 is 0 Å². The second-order valence-electron chi connectivity index (χ2n) is 4.00. The minimum Gasteiger partial charge on any atom is -0.357 e. The number of rotatable bonds is 5. The van der Waals surface area contributed by atoms with E-state index in [1.165, 1.54) is 16.7 Å². The van der Waals surface area contributed by atoms with Gasteiger partial charge < -0.3 is 5.32 Å². The highest BCUT2D eigenvalue weighted by Crippen LogP contribution is 2.22. The van der Waals surface area contributed by atoms with E-state index in [1.807, 2.05) is 6.07 Å². The molecule has 106 valence electrons. The molecule has 1 heterocycles. The van der Waals surface area contributed by atoms with Crippen LogP contribution in [0, 0.1) is 0 Å². The van der Waals surface area contributed by atoms with Crippen LogP contribution in [0.25, 0.3) is 0 Å². The van der Waals surface area contributed by atoms with Gasteiger partial charge in [0.05, 0.1) is 18.1 Å². The summed E-state index contributed by atoms with van der Waals surface area (Å²) in [4.78, 5) is 7.96. The molecule has 0 spiro atoms. The third-order valence-corrected chi connectivity index (χ3v) is 4.63. The summed E-state index contributed by atoms with van der Waals surface area (Å²) < 4.78 is 26.5. The molecule has 2 aromatic rings. The van der Waals surface area contributed by atoms with Gasteiger partial charge in [-0.15, -0.1) is 0 Å². The van der Waals surface area contributed by atoms with Crippen molar-refractivity contribution in [2.24, 2.45) is 0 Å². The normalized spacial score (nSPS) is 11.1. The molecule has 0 bridgehead atoms. The molecule has 1 aromatic carbocycles. The number of aromatic nitrogens is 2. The number of hydrogen-bond donors (Lipinski definition) is 1. The first kappa shape index (κ1) is 14.3. The van der Waals surface area contributed by atoms with E-state index in [2.05, 4.69) is 15.3 Å². The lowest BCUT2D eigenvalue weighted by Crippen LogP contribution is -2.30. The maximum atomic E-state index is 12.6. The van der Waals surface area contributed by atoms with Crippen molar-refractivity contribution in [1.82, 2.24) is 9.97 Å². The number of benzene rings is 1. The molecule has 0 saturated heterocycles. The van der Waals surface area contributed by atoms with Crippen LogP contribution < -0.4 is 9.62 Å². The third kappa shape index (κ3) is 2.72. The number of hydrogen-bond acceptors (Lipinski definition) is 5. The summed E-state index contributed by atoms with van der Waals surface area (Å²) >= 11 is 0. The van der Waals surface area contributed by atoms with E-state index in [1.54, 1.807) is 38.2 Å². The Balaban J connectivity index is 2.41. The average Bonchev–Trinajstić information content (AvgIpc) is 2.49. The summed E-state index contributed by atoms with van der Waals surface area (Å²) in [5.74, 6) is 0.381. The average molecular weight is 292 g/mol. The Morgan fingerprint density at radius 2 is 1.75 bits per heavy atom. The molecule has 0 aliphatic rings. The van der Waals surface area contributed by atoms with Crippen molar-refractivity contribution in [2.45, 2.75) is 11.8 Å². The van der Waals surface area contributed by atoms with E-state index in [0.29, 0.717) is 18.2 Å². The zero-order chi connectivity index (χ0) is 14.6. The lowest BCUT2D eigenvalue weighted by atomic mass is 10.3. The standard InChI is InChI=1S/C13H16N4O2S/c1-3-17(11-7-5-4-6-8-11)20(18,19)12-9-15-13(14-2)16-10-12/h4-10H,3H2,1-2H3,(H,14,15,16). The van der Waals surface area contributed by atoms with Crippen LogP contribution in [0.2, 0.25) is 0 Å². The smallest absolute Gasteiger partial charge is 0.267 e. The van der Waals surface area contributed by atoms with Crippen molar-refractivity contribution in [3.8, 4) is 0 Å². The zero-order valence-electron chi connectivity index (χ0n) is 11.3. The van der Waals surface area contributed by atoms with Gasteiger partial charge in [0.25, 0.3) is 10.0 Å². The van der Waals surface area contributed by atoms with Crippen LogP contribution in [0.15, 0.2) is 47.6 Å². The predicted octanol–water partition coefficient (Wildman–Crippen LogP) is 1.73. The van der Waals surface area contributed by atoms with E-state index in [4.69, 9.17) is 0 Å². The molecule has 0 atom stereocenters. The van der Waals surface area contributed by atoms with Crippen LogP contribution in [0.3, 0.4) is 0 Å². The predicted molar refractivity (Wildman–Crippen MR) is 78.2 cm³/mol. The minimum atomic E-state index is -3.65. The quantitative estimate of drug-likeness (QED) is 0.908. The molecule has 1 aromatic heterocycles. The second kappa shape index (κ2) is 5.87. The van der Waals surface area contributed by atoms with Crippen LogP contribution in [-0.4, -0.2) is 32.0 Å². The topological polar surface area (TPSA) is 75.2 Å². The van der Waals surface area contributed by atoms with E-state index >= 15 is 0 Å². The summed E-state index contributed by atoms with van der Waals surface area (Å²) in [6, 6.07) is 8.95. The highest BCUT2D eigenvalue weighted by atomic mass is 32.2. The molecule has 1 N–H and O–H groups in total. The van der Waals surface area contributed by atoms with Crippen LogP contribution in [0.4, 0.5) is 11.6 Å². The maximum absolute atomic E-state index is 12.6. The number of nitrogens with one attached hydrogen (secondary N) is 1. The van der Waals surface area contributed by atoms with E-state index in [0.717, 1.165) is 0 Å². The Hall–Kier alpha value is -2.15. The van der Waals surface area contributed by atoms with Gasteiger partial charge in [-0.2, -0.15) is 0 Å². The Labute approximate surface area is 118 Å². The fourth-order valence-corrected chi connectivity index (χ4v) is 3.16. The van der Waals surface area contributed by atoms with Gasteiger partial charge in [0, 0.05) is 13.6 Å². The maximum Gasteiger partial charge on any atom is 0.267 e. The largest absolute Gasteiger partial charge is 0.357 e. The lowest BCUT2D eigenvalue weighted by Gasteiger charge is -2.22. The summed E-state index contributed by atoms with van der Waals surface area (Å²) in [6.07, 6.45) is 2.61.